The van der Waals surface area contributed by atoms with Crippen LogP contribution >= 0.6 is 0 Å². The van der Waals surface area contributed by atoms with E-state index in [1.54, 1.807) is 25.4 Å². The van der Waals surface area contributed by atoms with Gasteiger partial charge in [0, 0.05) is 23.3 Å². The van der Waals surface area contributed by atoms with Crippen LogP contribution in [0.5, 0.6) is 0 Å². The van der Waals surface area contributed by atoms with Gasteiger partial charge < -0.3 is 15.6 Å². The SMILES string of the molecule is C=C(/N=C(C)\C=C(\C)N)Nc1ccc(-n2cnc(C)c2)c(C#N)c1. The molecule has 0 bridgehead atoms. The fourth-order valence-electron chi connectivity index (χ4n) is 2.25. The minimum absolute atomic E-state index is 0.472. The lowest BCUT2D eigenvalue weighted by Gasteiger charge is -2.10. The second-order valence-corrected chi connectivity index (χ2v) is 5.48. The van der Waals surface area contributed by atoms with E-state index in [0.29, 0.717) is 17.1 Å². The minimum atomic E-state index is 0.472. The highest BCUT2D eigenvalue weighted by Gasteiger charge is 2.07. The average molecular weight is 320 g/mol. The first-order chi connectivity index (χ1) is 11.4. The first kappa shape index (κ1) is 17.0. The summed E-state index contributed by atoms with van der Waals surface area (Å²) in [6.07, 6.45) is 5.32. The summed E-state index contributed by atoms with van der Waals surface area (Å²) < 4.78 is 1.82. The van der Waals surface area contributed by atoms with E-state index >= 15 is 0 Å². The zero-order chi connectivity index (χ0) is 17.7. The summed E-state index contributed by atoms with van der Waals surface area (Å²) in [6, 6.07) is 7.68. The number of anilines is 1. The van der Waals surface area contributed by atoms with E-state index in [1.807, 2.05) is 36.7 Å². The first-order valence-corrected chi connectivity index (χ1v) is 7.39. The van der Waals surface area contributed by atoms with Crippen molar-refractivity contribution < 1.29 is 0 Å². The third-order valence-electron chi connectivity index (χ3n) is 3.14. The van der Waals surface area contributed by atoms with Crippen LogP contribution in [0, 0.1) is 18.3 Å². The van der Waals surface area contributed by atoms with Crippen molar-refractivity contribution >= 4 is 11.4 Å². The number of allylic oxidation sites excluding steroid dienone is 2. The lowest BCUT2D eigenvalue weighted by atomic mass is 10.1. The summed E-state index contributed by atoms with van der Waals surface area (Å²) in [4.78, 5) is 8.49. The van der Waals surface area contributed by atoms with Crippen LogP contribution in [0.15, 0.2) is 59.9 Å². The molecular formula is C18H20N6. The van der Waals surface area contributed by atoms with E-state index in [2.05, 4.69) is 27.9 Å². The van der Waals surface area contributed by atoms with Crippen LogP contribution in [0.4, 0.5) is 5.69 Å². The van der Waals surface area contributed by atoms with Gasteiger partial charge in [0.1, 0.15) is 11.9 Å². The van der Waals surface area contributed by atoms with Crippen molar-refractivity contribution in [2.75, 3.05) is 5.32 Å². The van der Waals surface area contributed by atoms with Gasteiger partial charge in [-0.1, -0.05) is 6.58 Å². The summed E-state index contributed by atoms with van der Waals surface area (Å²) in [5, 5.41) is 12.5. The number of nitrogens with one attached hydrogen (secondary N) is 1. The zero-order valence-electron chi connectivity index (χ0n) is 14.0. The normalized spacial score (nSPS) is 11.9. The fraction of sp³-hybridized carbons (Fsp3) is 0.167. The second kappa shape index (κ2) is 7.29. The van der Waals surface area contributed by atoms with Crippen LogP contribution in [-0.4, -0.2) is 15.3 Å². The van der Waals surface area contributed by atoms with E-state index in [-0.39, 0.29) is 0 Å². The van der Waals surface area contributed by atoms with E-state index in [1.165, 1.54) is 0 Å². The molecule has 2 rings (SSSR count). The summed E-state index contributed by atoms with van der Waals surface area (Å²) >= 11 is 0. The van der Waals surface area contributed by atoms with Crippen LogP contribution in [0.25, 0.3) is 5.69 Å². The number of imidazole rings is 1. The number of aromatic nitrogens is 2. The number of nitrogens with two attached hydrogens (primary N) is 1. The molecule has 1 heterocycles. The molecule has 3 N–H and O–H groups in total. The molecule has 0 aliphatic rings. The highest BCUT2D eigenvalue weighted by Crippen LogP contribution is 2.20. The highest BCUT2D eigenvalue weighted by molar-refractivity contribution is 5.94. The summed E-state index contributed by atoms with van der Waals surface area (Å²) in [7, 11) is 0. The van der Waals surface area contributed by atoms with E-state index in [4.69, 9.17) is 5.73 Å². The molecule has 0 aliphatic heterocycles. The third-order valence-corrected chi connectivity index (χ3v) is 3.14. The Bertz CT molecular complexity index is 860. The Hall–Kier alpha value is -3.33. The fourth-order valence-corrected chi connectivity index (χ4v) is 2.25. The Balaban J connectivity index is 2.23. The average Bonchev–Trinajstić information content (AvgIpc) is 2.92. The van der Waals surface area contributed by atoms with Gasteiger partial charge in [-0.25, -0.2) is 9.98 Å². The molecule has 24 heavy (non-hydrogen) atoms. The van der Waals surface area contributed by atoms with Crippen LogP contribution < -0.4 is 11.1 Å². The van der Waals surface area contributed by atoms with E-state index in [9.17, 15) is 5.26 Å². The summed E-state index contributed by atoms with van der Waals surface area (Å²) in [5.41, 5.74) is 9.98. The largest absolute Gasteiger partial charge is 0.402 e. The maximum absolute atomic E-state index is 9.41. The topological polar surface area (TPSA) is 92.0 Å². The molecule has 0 amide bonds. The second-order valence-electron chi connectivity index (χ2n) is 5.48. The Morgan fingerprint density at radius 1 is 1.46 bits per heavy atom. The lowest BCUT2D eigenvalue weighted by Crippen LogP contribution is -2.02. The molecule has 1 aromatic heterocycles. The van der Waals surface area contributed by atoms with Crippen LogP contribution in [0.1, 0.15) is 25.1 Å². The monoisotopic (exact) mass is 320 g/mol. The Labute approximate surface area is 141 Å². The van der Waals surface area contributed by atoms with Crippen molar-refractivity contribution in [3.8, 4) is 11.8 Å². The molecule has 1 aromatic carbocycles. The molecule has 0 saturated heterocycles. The first-order valence-electron chi connectivity index (χ1n) is 7.39. The van der Waals surface area contributed by atoms with Gasteiger partial charge in [-0.05, 0) is 45.0 Å². The van der Waals surface area contributed by atoms with Gasteiger partial charge in [0.05, 0.1) is 23.3 Å². The summed E-state index contributed by atoms with van der Waals surface area (Å²) in [5.74, 6) is 0.472. The molecule has 2 aromatic rings. The predicted molar refractivity (Wildman–Crippen MR) is 96.8 cm³/mol. The third kappa shape index (κ3) is 4.34. The van der Waals surface area contributed by atoms with Crippen LogP contribution in [-0.2, 0) is 0 Å². The molecule has 6 nitrogen and oxygen atoms in total. The number of nitriles is 1. The van der Waals surface area contributed by atoms with Gasteiger partial charge >= 0.3 is 0 Å². The number of aliphatic imine (C=N–C) groups is 1. The van der Waals surface area contributed by atoms with Gasteiger partial charge in [0.2, 0.25) is 0 Å². The molecule has 0 atom stereocenters. The number of nitrogens with zero attached hydrogens (tertiary/aromatic N) is 4. The molecule has 0 fully saturated rings. The van der Waals surface area contributed by atoms with E-state index < -0.39 is 0 Å². The quantitative estimate of drug-likeness (QED) is 0.827. The lowest BCUT2D eigenvalue weighted by molar-refractivity contribution is 1.05. The van der Waals surface area contributed by atoms with Crippen LogP contribution in [0.3, 0.4) is 0 Å². The molecule has 0 radical (unpaired) electrons. The highest BCUT2D eigenvalue weighted by atomic mass is 15.0. The standard InChI is InChI=1S/C18H20N6/c1-12(20)7-13(2)22-15(4)23-17-5-6-18(16(8-17)9-19)24-10-14(3)21-11-24/h5-8,10-11,23H,4,20H2,1-3H3/b12-7-,22-13-. The van der Waals surface area contributed by atoms with Gasteiger partial charge in [-0.15, -0.1) is 0 Å². The molecule has 0 saturated carbocycles. The van der Waals surface area contributed by atoms with Crippen molar-refractivity contribution in [1.82, 2.24) is 9.55 Å². The molecule has 0 unspecified atom stereocenters. The smallest absolute Gasteiger partial charge is 0.123 e. The zero-order valence-corrected chi connectivity index (χ0v) is 14.0. The van der Waals surface area contributed by atoms with Gasteiger partial charge in [-0.3, -0.25) is 0 Å². The van der Waals surface area contributed by atoms with Crippen molar-refractivity contribution in [2.24, 2.45) is 10.7 Å². The summed E-state index contributed by atoms with van der Waals surface area (Å²) in [6.45, 7) is 9.41. The Morgan fingerprint density at radius 3 is 2.79 bits per heavy atom. The maximum Gasteiger partial charge on any atom is 0.123 e. The van der Waals surface area contributed by atoms with Gasteiger partial charge in [0.15, 0.2) is 0 Å². The molecular weight excluding hydrogens is 300 g/mol. The number of hydrogen-bond acceptors (Lipinski definition) is 5. The number of aryl methyl sites for hydroxylation is 1. The van der Waals surface area contributed by atoms with Crippen molar-refractivity contribution in [3.63, 3.8) is 0 Å². The van der Waals surface area contributed by atoms with Crippen molar-refractivity contribution in [2.45, 2.75) is 20.8 Å². The molecule has 0 spiro atoms. The van der Waals surface area contributed by atoms with Crippen molar-refractivity contribution in [3.05, 3.63) is 66.2 Å². The Kier molecular flexibility index (Phi) is 5.17. The van der Waals surface area contributed by atoms with Gasteiger partial charge in [-0.2, -0.15) is 5.26 Å². The molecule has 122 valence electrons. The Morgan fingerprint density at radius 2 is 2.21 bits per heavy atom. The predicted octanol–water partition coefficient (Wildman–Crippen LogP) is 3.26. The van der Waals surface area contributed by atoms with Gasteiger partial charge in [0.25, 0.3) is 0 Å². The minimum Gasteiger partial charge on any atom is -0.402 e. The van der Waals surface area contributed by atoms with Crippen molar-refractivity contribution in [1.29, 1.82) is 5.26 Å². The number of rotatable bonds is 5. The molecule has 0 aliphatic carbocycles. The van der Waals surface area contributed by atoms with Crippen LogP contribution in [0.2, 0.25) is 0 Å². The van der Waals surface area contributed by atoms with E-state index in [0.717, 1.165) is 22.8 Å². The number of benzene rings is 1. The number of hydrogen-bond donors (Lipinski definition) is 2. The molecule has 6 heteroatoms. The maximum atomic E-state index is 9.41.